The van der Waals surface area contributed by atoms with Crippen molar-refractivity contribution in [1.29, 1.82) is 0 Å². The fraction of sp³-hybridized carbons (Fsp3) is 0.0833. The lowest BCUT2D eigenvalue weighted by molar-refractivity contribution is -0.380. The van der Waals surface area contributed by atoms with Gasteiger partial charge in [0.25, 0.3) is 11.9 Å². The molecule has 0 saturated heterocycles. The average molecular weight is 337 g/mol. The summed E-state index contributed by atoms with van der Waals surface area (Å²) in [6.45, 7) is 0. The van der Waals surface area contributed by atoms with Gasteiger partial charge in [0, 0.05) is 0 Å². The third-order valence-electron chi connectivity index (χ3n) is 2.58. The number of anilines is 1. The number of carbonyl (C=O) groups is 2. The second-order valence-corrected chi connectivity index (χ2v) is 5.54. The van der Waals surface area contributed by atoms with Crippen molar-refractivity contribution in [2.45, 2.75) is 5.11 Å². The van der Waals surface area contributed by atoms with Crippen LogP contribution in [0.25, 0.3) is 0 Å². The van der Waals surface area contributed by atoms with Crippen molar-refractivity contribution in [3.05, 3.63) is 46.1 Å². The monoisotopic (exact) mass is 337 g/mol. The molecule has 8 nitrogen and oxygen atoms in total. The Morgan fingerprint density at radius 1 is 1.29 bits per heavy atom. The number of rotatable bonds is 5. The molecule has 2 rings (SSSR count). The molecular weight excluding hydrogens is 331 g/mol. The van der Waals surface area contributed by atoms with Crippen molar-refractivity contribution >= 4 is 56.9 Å². The van der Waals surface area contributed by atoms with Crippen LogP contribution in [0.15, 0.2) is 30.5 Å². The third kappa shape index (κ3) is 4.22. The van der Waals surface area contributed by atoms with E-state index in [1.54, 1.807) is 0 Å². The molecule has 0 aliphatic heterocycles. The summed E-state index contributed by atoms with van der Waals surface area (Å²) in [5.74, 6) is -1.97. The predicted molar refractivity (Wildman–Crippen MR) is 88.8 cm³/mol. The Bertz CT molecular complexity index is 805. The maximum atomic E-state index is 12.2. The second-order valence-electron chi connectivity index (χ2n) is 4.53. The van der Waals surface area contributed by atoms with Gasteiger partial charge in [0.2, 0.25) is 0 Å². The molecule has 1 heterocycles. The topological polar surface area (TPSA) is 111 Å². The van der Waals surface area contributed by atoms with Crippen molar-refractivity contribution in [2.24, 2.45) is 0 Å². The molecule has 0 saturated carbocycles. The van der Waals surface area contributed by atoms with Crippen LogP contribution in [0.1, 0.15) is 10.4 Å². The van der Waals surface area contributed by atoms with Gasteiger partial charge in [0.1, 0.15) is 11.9 Å². The van der Waals surface area contributed by atoms with Gasteiger partial charge in [-0.3, -0.25) is 25.0 Å². The number of nitrogens with one attached hydrogen (secondary N) is 1. The fourth-order valence-corrected chi connectivity index (χ4v) is 2.13. The SMILES string of the molecule is [B]C([B])([B])C(=O)Oc1ccccc1C(=O)Nc1ncc([N+](=O)[O-])s1. The summed E-state index contributed by atoms with van der Waals surface area (Å²) < 4.78 is 4.91. The Labute approximate surface area is 144 Å². The Balaban J connectivity index is 2.20. The largest absolute Gasteiger partial charge is 0.427 e. The maximum absolute atomic E-state index is 12.2. The van der Waals surface area contributed by atoms with Gasteiger partial charge in [-0.05, 0) is 28.6 Å². The van der Waals surface area contributed by atoms with Gasteiger partial charge in [0.05, 0.1) is 34.0 Å². The van der Waals surface area contributed by atoms with Crippen LogP contribution in [0.2, 0.25) is 5.11 Å². The summed E-state index contributed by atoms with van der Waals surface area (Å²) in [5, 5.41) is 10.5. The van der Waals surface area contributed by atoms with Crippen LogP contribution in [-0.2, 0) is 4.79 Å². The number of hydrogen-bond donors (Lipinski definition) is 1. The molecule has 0 spiro atoms. The highest BCUT2D eigenvalue weighted by Crippen LogP contribution is 2.27. The molecule has 0 atom stereocenters. The summed E-state index contributed by atoms with van der Waals surface area (Å²) in [6.07, 6.45) is 1.01. The number of esters is 1. The number of amides is 1. The summed E-state index contributed by atoms with van der Waals surface area (Å²) in [7, 11) is 15.6. The van der Waals surface area contributed by atoms with Crippen molar-refractivity contribution < 1.29 is 19.2 Å². The molecule has 1 N–H and O–H groups in total. The molecule has 1 amide bonds. The number of nitro groups is 1. The number of nitrogens with zero attached hydrogens (tertiary/aromatic N) is 2. The normalized spacial score (nSPS) is 10.8. The lowest BCUT2D eigenvalue weighted by Crippen LogP contribution is -2.30. The number of benzene rings is 1. The first-order valence-electron chi connectivity index (χ1n) is 6.28. The highest BCUT2D eigenvalue weighted by atomic mass is 32.1. The number of ether oxygens (including phenoxy) is 1. The molecule has 1 aromatic heterocycles. The van der Waals surface area contributed by atoms with E-state index in [9.17, 15) is 19.7 Å². The lowest BCUT2D eigenvalue weighted by Gasteiger charge is -2.18. The molecule has 0 aliphatic carbocycles. The van der Waals surface area contributed by atoms with Gasteiger partial charge < -0.3 is 4.74 Å². The molecule has 24 heavy (non-hydrogen) atoms. The Kier molecular flexibility index (Phi) is 5.08. The maximum Gasteiger partial charge on any atom is 0.345 e. The van der Waals surface area contributed by atoms with E-state index in [-0.39, 0.29) is 21.4 Å². The van der Waals surface area contributed by atoms with Crippen molar-refractivity contribution in [2.75, 3.05) is 5.32 Å². The quantitative estimate of drug-likeness (QED) is 0.284. The van der Waals surface area contributed by atoms with Crippen LogP contribution < -0.4 is 10.1 Å². The molecule has 0 bridgehead atoms. The number of carbonyl (C=O) groups excluding carboxylic acids is 2. The molecule has 0 unspecified atom stereocenters. The van der Waals surface area contributed by atoms with Crippen molar-refractivity contribution in [3.8, 4) is 5.75 Å². The highest BCUT2D eigenvalue weighted by molar-refractivity contribution is 7.18. The molecule has 0 fully saturated rings. The minimum atomic E-state index is -2.22. The van der Waals surface area contributed by atoms with E-state index in [4.69, 9.17) is 28.3 Å². The zero-order valence-corrected chi connectivity index (χ0v) is 12.8. The average Bonchev–Trinajstić information content (AvgIpc) is 2.95. The third-order valence-corrected chi connectivity index (χ3v) is 3.45. The van der Waals surface area contributed by atoms with Crippen LogP contribution in [0.5, 0.6) is 5.75 Å². The van der Waals surface area contributed by atoms with Gasteiger partial charge in [-0.2, -0.15) is 0 Å². The number of para-hydroxylation sites is 1. The summed E-state index contributed by atoms with van der Waals surface area (Å²) in [6, 6.07) is 5.74. The standard InChI is InChI=1S/C12H6B3N3O5S/c13-12(14,15)10(20)23-7-4-2-1-3-6(7)9(19)17-11-16-5-8(24-11)18(21)22/h1-5H,(H,16,17,19). The van der Waals surface area contributed by atoms with Crippen LogP contribution in [0, 0.1) is 10.1 Å². The van der Waals surface area contributed by atoms with Crippen molar-refractivity contribution in [3.63, 3.8) is 0 Å². The first kappa shape index (κ1) is 17.7. The van der Waals surface area contributed by atoms with E-state index in [1.807, 2.05) is 0 Å². The molecule has 1 aromatic carbocycles. The van der Waals surface area contributed by atoms with E-state index < -0.39 is 21.9 Å². The van der Waals surface area contributed by atoms with Gasteiger partial charge in [-0.1, -0.05) is 12.1 Å². The first-order valence-corrected chi connectivity index (χ1v) is 7.09. The predicted octanol–water partition coefficient (Wildman–Crippen LogP) is 0.788. The van der Waals surface area contributed by atoms with Gasteiger partial charge in [-0.15, -0.1) is 0 Å². The molecular formula is C12H6B3N3O5S. The molecule has 114 valence electrons. The number of thiazole rings is 1. The van der Waals surface area contributed by atoms with Crippen LogP contribution in [0.3, 0.4) is 0 Å². The van der Waals surface area contributed by atoms with Crippen LogP contribution >= 0.6 is 11.3 Å². The number of hydrogen-bond acceptors (Lipinski definition) is 7. The second kappa shape index (κ2) is 6.87. The van der Waals surface area contributed by atoms with E-state index >= 15 is 0 Å². The molecule has 0 aliphatic rings. The van der Waals surface area contributed by atoms with Crippen molar-refractivity contribution in [1.82, 2.24) is 4.98 Å². The molecule has 2 aromatic rings. The molecule has 6 radical (unpaired) electrons. The summed E-state index contributed by atoms with van der Waals surface area (Å²) >= 11 is 0.678. The smallest absolute Gasteiger partial charge is 0.345 e. The van der Waals surface area contributed by atoms with E-state index in [0.29, 0.717) is 11.3 Å². The minimum absolute atomic E-state index is 0.0126. The van der Waals surface area contributed by atoms with Crippen LogP contribution in [0.4, 0.5) is 10.1 Å². The van der Waals surface area contributed by atoms with Gasteiger partial charge >= 0.3 is 5.00 Å². The first-order chi connectivity index (χ1) is 11.2. The fourth-order valence-electron chi connectivity index (χ4n) is 1.50. The van der Waals surface area contributed by atoms with Gasteiger partial charge in [0.15, 0.2) is 5.13 Å². The summed E-state index contributed by atoms with van der Waals surface area (Å²) in [5.41, 5.74) is -0.0343. The zero-order chi connectivity index (χ0) is 17.9. The minimum Gasteiger partial charge on any atom is -0.427 e. The van der Waals surface area contributed by atoms with Crippen LogP contribution in [-0.4, -0.2) is 45.3 Å². The summed E-state index contributed by atoms with van der Waals surface area (Å²) in [4.78, 5) is 37.6. The number of aromatic nitrogens is 1. The Morgan fingerprint density at radius 3 is 2.54 bits per heavy atom. The Hall–Kier alpha value is -2.62. The zero-order valence-electron chi connectivity index (χ0n) is 12.0. The van der Waals surface area contributed by atoms with E-state index in [2.05, 4.69) is 10.3 Å². The Morgan fingerprint density at radius 2 is 1.96 bits per heavy atom. The van der Waals surface area contributed by atoms with E-state index in [1.165, 1.54) is 24.3 Å². The van der Waals surface area contributed by atoms with Gasteiger partial charge in [-0.25, -0.2) is 4.98 Å². The highest BCUT2D eigenvalue weighted by Gasteiger charge is 2.24. The lowest BCUT2D eigenvalue weighted by atomic mass is 9.43. The molecule has 12 heteroatoms. The van der Waals surface area contributed by atoms with E-state index in [0.717, 1.165) is 6.20 Å².